The van der Waals surface area contributed by atoms with E-state index in [9.17, 15) is 5.11 Å². The van der Waals surface area contributed by atoms with Crippen molar-refractivity contribution in [1.29, 1.82) is 0 Å². The molecule has 84 valence electrons. The molecule has 0 spiro atoms. The van der Waals surface area contributed by atoms with Crippen molar-refractivity contribution in [2.24, 2.45) is 0 Å². The first-order valence-corrected chi connectivity index (χ1v) is 6.55. The molecule has 0 aliphatic carbocycles. The van der Waals surface area contributed by atoms with E-state index < -0.39 is 0 Å². The summed E-state index contributed by atoms with van der Waals surface area (Å²) < 4.78 is 0. The third kappa shape index (κ3) is 3.59. The smallest absolute Gasteiger partial charge is 0.0702 e. The van der Waals surface area contributed by atoms with Crippen molar-refractivity contribution >= 4 is 29.1 Å². The Morgan fingerprint density at radius 3 is 2.80 bits per heavy atom. The standard InChI is InChI=1S/C11H16ClNOS/c1-13(5-6-15-2)11-7-10(12)4-3-9(11)8-14/h3-4,7,14H,5-6,8H2,1-2H3. The SMILES string of the molecule is CSCCN(C)c1cc(Cl)ccc1CO. The van der Waals surface area contributed by atoms with Crippen LogP contribution in [0, 0.1) is 0 Å². The largest absolute Gasteiger partial charge is 0.392 e. The van der Waals surface area contributed by atoms with Crippen LogP contribution in [-0.4, -0.2) is 30.7 Å². The van der Waals surface area contributed by atoms with Gasteiger partial charge in [-0.15, -0.1) is 0 Å². The van der Waals surface area contributed by atoms with Gasteiger partial charge in [0.1, 0.15) is 0 Å². The molecule has 0 aliphatic heterocycles. The first-order chi connectivity index (χ1) is 7.19. The number of rotatable bonds is 5. The molecule has 0 saturated heterocycles. The zero-order valence-corrected chi connectivity index (χ0v) is 10.6. The number of halogens is 1. The Balaban J connectivity index is 2.85. The Morgan fingerprint density at radius 1 is 1.47 bits per heavy atom. The van der Waals surface area contributed by atoms with Crippen LogP contribution in [0.4, 0.5) is 5.69 Å². The molecule has 0 fully saturated rings. The molecule has 1 rings (SSSR count). The van der Waals surface area contributed by atoms with E-state index in [1.807, 2.05) is 19.2 Å². The number of hydrogen-bond donors (Lipinski definition) is 1. The van der Waals surface area contributed by atoms with E-state index in [0.717, 1.165) is 23.5 Å². The van der Waals surface area contributed by atoms with Gasteiger partial charge in [-0.25, -0.2) is 0 Å². The molecule has 0 aromatic heterocycles. The fourth-order valence-electron chi connectivity index (χ4n) is 1.37. The zero-order valence-electron chi connectivity index (χ0n) is 9.03. The van der Waals surface area contributed by atoms with Crippen molar-refractivity contribution in [3.63, 3.8) is 0 Å². The second-order valence-corrected chi connectivity index (χ2v) is 4.77. The Bertz CT molecular complexity index is 319. The van der Waals surface area contributed by atoms with Crippen molar-refractivity contribution in [3.05, 3.63) is 28.8 Å². The van der Waals surface area contributed by atoms with Crippen LogP contribution in [0.15, 0.2) is 18.2 Å². The molecule has 4 heteroatoms. The van der Waals surface area contributed by atoms with E-state index in [4.69, 9.17) is 11.6 Å². The lowest BCUT2D eigenvalue weighted by Crippen LogP contribution is -2.21. The van der Waals surface area contributed by atoms with Gasteiger partial charge < -0.3 is 10.0 Å². The monoisotopic (exact) mass is 245 g/mol. The van der Waals surface area contributed by atoms with Crippen molar-refractivity contribution in [2.45, 2.75) is 6.61 Å². The average Bonchev–Trinajstić information content (AvgIpc) is 2.25. The molecule has 1 aromatic carbocycles. The Morgan fingerprint density at radius 2 is 2.20 bits per heavy atom. The summed E-state index contributed by atoms with van der Waals surface area (Å²) in [6, 6.07) is 5.57. The molecule has 1 aromatic rings. The van der Waals surface area contributed by atoms with Gasteiger partial charge in [-0.05, 0) is 18.4 Å². The number of thioether (sulfide) groups is 1. The maximum Gasteiger partial charge on any atom is 0.0702 e. The summed E-state index contributed by atoms with van der Waals surface area (Å²) in [5.74, 6) is 1.06. The maximum atomic E-state index is 9.21. The maximum absolute atomic E-state index is 9.21. The number of aliphatic hydroxyl groups is 1. The molecule has 0 atom stereocenters. The van der Waals surface area contributed by atoms with Crippen molar-refractivity contribution in [1.82, 2.24) is 0 Å². The highest BCUT2D eigenvalue weighted by Gasteiger charge is 2.07. The third-order valence-electron chi connectivity index (χ3n) is 2.26. The topological polar surface area (TPSA) is 23.5 Å². The van der Waals surface area contributed by atoms with Gasteiger partial charge in [-0.2, -0.15) is 11.8 Å². The minimum atomic E-state index is 0.0517. The average molecular weight is 246 g/mol. The van der Waals surface area contributed by atoms with Crippen LogP contribution in [0.5, 0.6) is 0 Å². The van der Waals surface area contributed by atoms with Crippen molar-refractivity contribution in [3.8, 4) is 0 Å². The summed E-state index contributed by atoms with van der Waals surface area (Å²) in [6.45, 7) is 1.00. The Kier molecular flexibility index (Phi) is 5.29. The van der Waals surface area contributed by atoms with Crippen LogP contribution in [0.25, 0.3) is 0 Å². The molecule has 0 radical (unpaired) electrons. The van der Waals surface area contributed by atoms with Gasteiger partial charge in [0.05, 0.1) is 6.61 Å². The number of hydrogen-bond acceptors (Lipinski definition) is 3. The van der Waals surface area contributed by atoms with E-state index in [1.54, 1.807) is 17.8 Å². The van der Waals surface area contributed by atoms with Crippen molar-refractivity contribution in [2.75, 3.05) is 30.5 Å². The van der Waals surface area contributed by atoms with E-state index in [0.29, 0.717) is 5.02 Å². The molecule has 0 heterocycles. The molecule has 0 saturated carbocycles. The highest BCUT2D eigenvalue weighted by molar-refractivity contribution is 7.98. The fourth-order valence-corrected chi connectivity index (χ4v) is 2.00. The molecule has 0 amide bonds. The van der Waals surface area contributed by atoms with Gasteiger partial charge in [-0.3, -0.25) is 0 Å². The second kappa shape index (κ2) is 6.26. The first-order valence-electron chi connectivity index (χ1n) is 4.78. The molecule has 2 nitrogen and oxygen atoms in total. The van der Waals surface area contributed by atoms with Gasteiger partial charge in [0.25, 0.3) is 0 Å². The summed E-state index contributed by atoms with van der Waals surface area (Å²) in [5, 5.41) is 9.92. The minimum absolute atomic E-state index is 0.0517. The first kappa shape index (κ1) is 12.7. The van der Waals surface area contributed by atoms with Crippen LogP contribution in [0.1, 0.15) is 5.56 Å². The van der Waals surface area contributed by atoms with Crippen molar-refractivity contribution < 1.29 is 5.11 Å². The molecule has 0 unspecified atom stereocenters. The van der Waals surface area contributed by atoms with E-state index in [1.165, 1.54) is 0 Å². The predicted molar refractivity (Wildman–Crippen MR) is 69.0 cm³/mol. The highest BCUT2D eigenvalue weighted by Crippen LogP contribution is 2.24. The summed E-state index contributed by atoms with van der Waals surface area (Å²) in [5.41, 5.74) is 1.93. The van der Waals surface area contributed by atoms with E-state index in [2.05, 4.69) is 11.2 Å². The summed E-state index contributed by atoms with van der Waals surface area (Å²) in [7, 11) is 2.01. The molecule has 0 aliphatic rings. The minimum Gasteiger partial charge on any atom is -0.392 e. The highest BCUT2D eigenvalue weighted by atomic mass is 35.5. The van der Waals surface area contributed by atoms with Crippen LogP contribution < -0.4 is 4.90 Å². The lowest BCUT2D eigenvalue weighted by molar-refractivity contribution is 0.282. The van der Waals surface area contributed by atoms with Crippen LogP contribution >= 0.6 is 23.4 Å². The molecular weight excluding hydrogens is 230 g/mol. The fraction of sp³-hybridized carbons (Fsp3) is 0.455. The lowest BCUT2D eigenvalue weighted by atomic mass is 10.1. The number of nitrogens with zero attached hydrogens (tertiary/aromatic N) is 1. The summed E-state index contributed by atoms with van der Waals surface area (Å²) in [4.78, 5) is 2.12. The van der Waals surface area contributed by atoms with Gasteiger partial charge in [0, 0.05) is 35.6 Å². The normalized spacial score (nSPS) is 10.4. The quantitative estimate of drug-likeness (QED) is 0.863. The summed E-state index contributed by atoms with van der Waals surface area (Å²) >= 11 is 7.74. The molecule has 1 N–H and O–H groups in total. The molecule has 0 bridgehead atoms. The number of benzene rings is 1. The Hall–Kier alpha value is -0.380. The van der Waals surface area contributed by atoms with Crippen LogP contribution in [0.2, 0.25) is 5.02 Å². The van der Waals surface area contributed by atoms with E-state index in [-0.39, 0.29) is 6.61 Å². The van der Waals surface area contributed by atoms with Gasteiger partial charge in [-0.1, -0.05) is 17.7 Å². The van der Waals surface area contributed by atoms with Gasteiger partial charge in [0.2, 0.25) is 0 Å². The molecule has 15 heavy (non-hydrogen) atoms. The number of aliphatic hydroxyl groups excluding tert-OH is 1. The zero-order chi connectivity index (χ0) is 11.3. The predicted octanol–water partition coefficient (Wildman–Crippen LogP) is 2.63. The van der Waals surface area contributed by atoms with E-state index >= 15 is 0 Å². The second-order valence-electron chi connectivity index (χ2n) is 3.35. The van der Waals surface area contributed by atoms with Crippen LogP contribution in [-0.2, 0) is 6.61 Å². The molecular formula is C11H16ClNOS. The van der Waals surface area contributed by atoms with Crippen LogP contribution in [0.3, 0.4) is 0 Å². The summed E-state index contributed by atoms with van der Waals surface area (Å²) in [6.07, 6.45) is 2.08. The lowest BCUT2D eigenvalue weighted by Gasteiger charge is -2.21. The third-order valence-corrected chi connectivity index (χ3v) is 3.09. The Labute approximate surface area is 100 Å². The van der Waals surface area contributed by atoms with Gasteiger partial charge >= 0.3 is 0 Å². The number of anilines is 1. The van der Waals surface area contributed by atoms with Gasteiger partial charge in [0.15, 0.2) is 0 Å².